The van der Waals surface area contributed by atoms with Gasteiger partial charge in [0.25, 0.3) is 17.7 Å². The lowest BCUT2D eigenvalue weighted by Gasteiger charge is -2.34. The van der Waals surface area contributed by atoms with Gasteiger partial charge in [-0.1, -0.05) is 17.7 Å². The summed E-state index contributed by atoms with van der Waals surface area (Å²) in [6.07, 6.45) is -1.79. The van der Waals surface area contributed by atoms with Crippen LogP contribution in [0.25, 0.3) is 0 Å². The van der Waals surface area contributed by atoms with Crippen molar-refractivity contribution in [2.75, 3.05) is 0 Å². The Morgan fingerprint density at radius 3 is 2.50 bits per heavy atom. The van der Waals surface area contributed by atoms with Gasteiger partial charge in [0.1, 0.15) is 11.9 Å². The van der Waals surface area contributed by atoms with E-state index in [1.54, 1.807) is 38.1 Å². The van der Waals surface area contributed by atoms with E-state index < -0.39 is 47.7 Å². The van der Waals surface area contributed by atoms with Crippen molar-refractivity contribution in [1.82, 2.24) is 15.1 Å². The number of nitrogens with one attached hydrogen (secondary N) is 1. The predicted octanol–water partition coefficient (Wildman–Crippen LogP) is 3.43. The molecule has 2 aromatic carbocycles. The number of imide groups is 3. The first kappa shape index (κ1) is 25.3. The lowest BCUT2D eigenvalue weighted by atomic mass is 10.0. The van der Waals surface area contributed by atoms with Crippen LogP contribution in [-0.2, 0) is 27.4 Å². The van der Waals surface area contributed by atoms with E-state index in [0.29, 0.717) is 15.5 Å². The Kier molecular flexibility index (Phi) is 7.07. The molecule has 188 valence electrons. The Bertz CT molecular complexity index is 1260. The number of rotatable bonds is 5. The number of benzene rings is 2. The molecule has 2 aliphatic rings. The second-order valence-corrected chi connectivity index (χ2v) is 9.18. The first-order chi connectivity index (χ1) is 17.1. The molecule has 0 aromatic heterocycles. The third-order valence-electron chi connectivity index (χ3n) is 5.97. The molecule has 0 spiro atoms. The monoisotopic (exact) mass is 515 g/mol. The van der Waals surface area contributed by atoms with Crippen LogP contribution in [0.2, 0.25) is 5.02 Å². The lowest BCUT2D eigenvalue weighted by Crippen LogP contribution is -2.56. The number of halogens is 2. The minimum Gasteiger partial charge on any atom is -0.446 e. The van der Waals surface area contributed by atoms with Crippen LogP contribution < -0.4 is 5.32 Å². The van der Waals surface area contributed by atoms with Crippen LogP contribution in [0, 0.1) is 5.82 Å². The van der Waals surface area contributed by atoms with Gasteiger partial charge in [-0.25, -0.2) is 9.18 Å². The van der Waals surface area contributed by atoms with E-state index in [2.05, 4.69) is 5.32 Å². The molecular weight excluding hydrogens is 493 g/mol. The fourth-order valence-electron chi connectivity index (χ4n) is 4.19. The van der Waals surface area contributed by atoms with Crippen LogP contribution in [0.4, 0.5) is 9.18 Å². The Hall–Kier alpha value is -3.79. The highest BCUT2D eigenvalue weighted by atomic mass is 35.5. The molecule has 0 aliphatic carbocycles. The number of likely N-dealkylation sites (tertiary alicyclic amines) is 1. The molecule has 1 saturated heterocycles. The molecule has 9 nitrogen and oxygen atoms in total. The van der Waals surface area contributed by atoms with Crippen LogP contribution in [-0.4, -0.2) is 51.7 Å². The van der Waals surface area contributed by atoms with Crippen LogP contribution in [0.1, 0.15) is 58.5 Å². The van der Waals surface area contributed by atoms with Crippen molar-refractivity contribution in [3.63, 3.8) is 0 Å². The number of hydrogen-bond acceptors (Lipinski definition) is 6. The van der Waals surface area contributed by atoms with Gasteiger partial charge in [-0.3, -0.25) is 19.2 Å². The summed E-state index contributed by atoms with van der Waals surface area (Å²) < 4.78 is 20.3. The fraction of sp³-hybridized carbons (Fsp3) is 0.320. The van der Waals surface area contributed by atoms with Gasteiger partial charge in [-0.05, 0) is 50.6 Å². The summed E-state index contributed by atoms with van der Waals surface area (Å²) in [5.74, 6) is -3.26. The average molecular weight is 516 g/mol. The Balaban J connectivity index is 1.49. The van der Waals surface area contributed by atoms with E-state index in [4.69, 9.17) is 16.3 Å². The largest absolute Gasteiger partial charge is 0.446 e. The molecule has 0 saturated carbocycles. The highest BCUT2D eigenvalue weighted by molar-refractivity contribution is 6.30. The van der Waals surface area contributed by atoms with E-state index >= 15 is 4.39 Å². The molecule has 4 rings (SSSR count). The maximum absolute atomic E-state index is 15.3. The van der Waals surface area contributed by atoms with Crippen molar-refractivity contribution in [1.29, 1.82) is 0 Å². The van der Waals surface area contributed by atoms with Crippen LogP contribution in [0.15, 0.2) is 36.4 Å². The van der Waals surface area contributed by atoms with Gasteiger partial charge in [-0.2, -0.15) is 4.90 Å². The van der Waals surface area contributed by atoms with Crippen molar-refractivity contribution in [3.8, 4) is 0 Å². The van der Waals surface area contributed by atoms with Crippen LogP contribution >= 0.6 is 11.6 Å². The van der Waals surface area contributed by atoms with Crippen LogP contribution in [0.3, 0.4) is 0 Å². The van der Waals surface area contributed by atoms with Gasteiger partial charge in [-0.15, -0.1) is 0 Å². The minimum atomic E-state index is -1.12. The standard InChI is InChI=1S/C25H23ClFN3O6/c1-13(2)36-25(35)30-20(31)10-9-19(24(30)34)29-12-18-17(23(29)33)8-5-15(21(18)27)11-28-22(32)14-3-6-16(26)7-4-14/h3-8,13,19H,9-12H2,1-2H3,(H,28,32). The number of carbonyl (C=O) groups excluding carboxylic acids is 5. The second-order valence-electron chi connectivity index (χ2n) is 8.74. The topological polar surface area (TPSA) is 113 Å². The van der Waals surface area contributed by atoms with Crippen molar-refractivity contribution in [2.24, 2.45) is 0 Å². The number of amides is 5. The summed E-state index contributed by atoms with van der Waals surface area (Å²) in [6, 6.07) is 7.94. The first-order valence-electron chi connectivity index (χ1n) is 11.3. The quantitative estimate of drug-likeness (QED) is 0.610. The summed E-state index contributed by atoms with van der Waals surface area (Å²) in [7, 11) is 0. The zero-order valence-electron chi connectivity index (χ0n) is 19.5. The summed E-state index contributed by atoms with van der Waals surface area (Å²) in [4.78, 5) is 64.5. The van der Waals surface area contributed by atoms with Gasteiger partial charge in [0, 0.05) is 40.2 Å². The van der Waals surface area contributed by atoms with Gasteiger partial charge >= 0.3 is 6.09 Å². The van der Waals surface area contributed by atoms with Crippen molar-refractivity contribution in [2.45, 2.75) is 51.9 Å². The summed E-state index contributed by atoms with van der Waals surface area (Å²) in [5, 5.41) is 3.11. The number of fused-ring (bicyclic) bond motifs is 1. The second kappa shape index (κ2) is 10.1. The van der Waals surface area contributed by atoms with E-state index in [1.807, 2.05) is 0 Å². The molecule has 1 N–H and O–H groups in total. The van der Waals surface area contributed by atoms with Gasteiger partial charge < -0.3 is 15.0 Å². The minimum absolute atomic E-state index is 0.00841. The Morgan fingerprint density at radius 2 is 1.83 bits per heavy atom. The molecule has 0 radical (unpaired) electrons. The molecular formula is C25H23ClFN3O6. The van der Waals surface area contributed by atoms with Crippen molar-refractivity contribution >= 4 is 41.3 Å². The highest BCUT2D eigenvalue weighted by Gasteiger charge is 2.46. The third kappa shape index (κ3) is 4.81. The molecule has 36 heavy (non-hydrogen) atoms. The molecule has 2 heterocycles. The number of nitrogens with zero attached hydrogens (tertiary/aromatic N) is 2. The molecule has 2 aromatic rings. The highest BCUT2D eigenvalue weighted by Crippen LogP contribution is 2.32. The number of hydrogen-bond donors (Lipinski definition) is 1. The van der Waals surface area contributed by atoms with Gasteiger partial charge in [0.2, 0.25) is 5.91 Å². The Morgan fingerprint density at radius 1 is 1.14 bits per heavy atom. The van der Waals surface area contributed by atoms with Crippen LogP contribution in [0.5, 0.6) is 0 Å². The zero-order valence-corrected chi connectivity index (χ0v) is 20.3. The fourth-order valence-corrected chi connectivity index (χ4v) is 4.32. The smallest absolute Gasteiger partial charge is 0.423 e. The number of carbonyl (C=O) groups is 5. The predicted molar refractivity (Wildman–Crippen MR) is 125 cm³/mol. The summed E-state index contributed by atoms with van der Waals surface area (Å²) in [6.45, 7) is 2.82. The number of ether oxygens (including phenoxy) is 1. The molecule has 11 heteroatoms. The number of piperidine rings is 1. The normalized spacial score (nSPS) is 17.5. The molecule has 1 atom stereocenters. The SMILES string of the molecule is CC(C)OC(=O)N1C(=O)CCC(N2Cc3c(ccc(CNC(=O)c4ccc(Cl)cc4)c3F)C2=O)C1=O. The van der Waals surface area contributed by atoms with E-state index in [9.17, 15) is 24.0 Å². The molecule has 1 unspecified atom stereocenters. The van der Waals surface area contributed by atoms with Gasteiger partial charge in [0.15, 0.2) is 0 Å². The summed E-state index contributed by atoms with van der Waals surface area (Å²) in [5.41, 5.74) is 0.687. The average Bonchev–Trinajstić information content (AvgIpc) is 3.15. The molecule has 5 amide bonds. The summed E-state index contributed by atoms with van der Waals surface area (Å²) >= 11 is 5.83. The molecule has 1 fully saturated rings. The third-order valence-corrected chi connectivity index (χ3v) is 6.22. The zero-order chi connectivity index (χ0) is 26.1. The van der Waals surface area contributed by atoms with Gasteiger partial charge in [0.05, 0.1) is 12.6 Å². The van der Waals surface area contributed by atoms with Crippen molar-refractivity contribution in [3.05, 3.63) is 69.5 Å². The van der Waals surface area contributed by atoms with E-state index in [1.165, 1.54) is 12.1 Å². The maximum Gasteiger partial charge on any atom is 0.423 e. The molecule has 2 aliphatic heterocycles. The van der Waals surface area contributed by atoms with Crippen molar-refractivity contribution < 1.29 is 33.1 Å². The lowest BCUT2D eigenvalue weighted by molar-refractivity contribution is -0.149. The molecule has 0 bridgehead atoms. The van der Waals surface area contributed by atoms with E-state index in [-0.39, 0.29) is 42.6 Å². The maximum atomic E-state index is 15.3. The van der Waals surface area contributed by atoms with E-state index in [0.717, 1.165) is 4.90 Å². The first-order valence-corrected chi connectivity index (χ1v) is 11.7. The Labute approximate surface area is 211 Å².